The lowest BCUT2D eigenvalue weighted by molar-refractivity contribution is -0.118. The molecule has 0 bridgehead atoms. The molecule has 0 heterocycles. The Labute approximate surface area is 130 Å². The van der Waals surface area contributed by atoms with E-state index in [4.69, 9.17) is 10.5 Å². The van der Waals surface area contributed by atoms with Crippen LogP contribution in [0.4, 0.5) is 5.69 Å². The number of amides is 2. The van der Waals surface area contributed by atoms with Gasteiger partial charge in [0.25, 0.3) is 5.91 Å². The number of carbonyl (C=O) groups excluding carboxylic acids is 2. The van der Waals surface area contributed by atoms with Gasteiger partial charge in [-0.15, -0.1) is 0 Å². The second-order valence-corrected chi connectivity index (χ2v) is 5.58. The maximum atomic E-state index is 12.1. The number of benzene rings is 1. The molecule has 1 fully saturated rings. The zero-order chi connectivity index (χ0) is 15.9. The molecular formula is C16H23N3O3. The van der Waals surface area contributed by atoms with Gasteiger partial charge in [0.2, 0.25) is 5.91 Å². The standard InChI is InChI=1S/C16H23N3O3/c1-22-10-14(17)16(21)19-13-8-6-11(7-9-13)15(20)18-12-4-2-3-5-12/h6-9,12,14H,2-5,10,17H2,1H3,(H,18,20)(H,19,21). The first-order chi connectivity index (χ1) is 10.6. The number of nitrogens with one attached hydrogen (secondary N) is 2. The van der Waals surface area contributed by atoms with Gasteiger partial charge >= 0.3 is 0 Å². The van der Waals surface area contributed by atoms with Crippen LogP contribution in [-0.4, -0.2) is 37.6 Å². The molecule has 0 radical (unpaired) electrons. The molecule has 1 unspecified atom stereocenters. The second kappa shape index (κ2) is 7.91. The van der Waals surface area contributed by atoms with Gasteiger partial charge in [0.05, 0.1) is 6.61 Å². The SMILES string of the molecule is COCC(N)C(=O)Nc1ccc(C(=O)NC2CCCC2)cc1. The predicted molar refractivity (Wildman–Crippen MR) is 84.6 cm³/mol. The van der Waals surface area contributed by atoms with E-state index in [1.807, 2.05) is 0 Å². The molecule has 2 rings (SSSR count). The Kier molecular flexibility index (Phi) is 5.91. The zero-order valence-corrected chi connectivity index (χ0v) is 12.8. The van der Waals surface area contributed by atoms with E-state index in [1.54, 1.807) is 24.3 Å². The molecule has 1 saturated carbocycles. The third-order valence-corrected chi connectivity index (χ3v) is 3.79. The number of carbonyl (C=O) groups is 2. The molecule has 1 aromatic rings. The predicted octanol–water partition coefficient (Wildman–Crippen LogP) is 1.27. The van der Waals surface area contributed by atoms with Gasteiger partial charge in [0.15, 0.2) is 0 Å². The van der Waals surface area contributed by atoms with E-state index in [-0.39, 0.29) is 18.4 Å². The summed E-state index contributed by atoms with van der Waals surface area (Å²) in [6.45, 7) is 0.160. The summed E-state index contributed by atoms with van der Waals surface area (Å²) in [6.07, 6.45) is 4.46. The monoisotopic (exact) mass is 305 g/mol. The quantitative estimate of drug-likeness (QED) is 0.738. The van der Waals surface area contributed by atoms with Gasteiger partial charge in [-0.05, 0) is 37.1 Å². The van der Waals surface area contributed by atoms with Crippen molar-refractivity contribution in [3.8, 4) is 0 Å². The average Bonchev–Trinajstić information content (AvgIpc) is 3.01. The molecule has 0 saturated heterocycles. The van der Waals surface area contributed by atoms with Gasteiger partial charge in [-0.3, -0.25) is 9.59 Å². The molecule has 1 atom stereocenters. The Morgan fingerprint density at radius 2 is 1.91 bits per heavy atom. The minimum absolute atomic E-state index is 0.0686. The van der Waals surface area contributed by atoms with Crippen LogP contribution in [0.25, 0.3) is 0 Å². The van der Waals surface area contributed by atoms with Crippen molar-refractivity contribution in [2.75, 3.05) is 19.0 Å². The highest BCUT2D eigenvalue weighted by Crippen LogP contribution is 2.18. The van der Waals surface area contributed by atoms with Crippen molar-refractivity contribution in [3.63, 3.8) is 0 Å². The van der Waals surface area contributed by atoms with Crippen molar-refractivity contribution in [3.05, 3.63) is 29.8 Å². The summed E-state index contributed by atoms with van der Waals surface area (Å²) in [5.41, 5.74) is 6.84. The number of rotatable bonds is 6. The van der Waals surface area contributed by atoms with Gasteiger partial charge in [0, 0.05) is 24.4 Å². The number of methoxy groups -OCH3 is 1. The summed E-state index contributed by atoms with van der Waals surface area (Å²) in [5, 5.41) is 5.72. The topological polar surface area (TPSA) is 93.4 Å². The molecule has 1 aliphatic rings. The molecule has 2 amide bonds. The summed E-state index contributed by atoms with van der Waals surface area (Å²) in [5.74, 6) is -0.383. The fourth-order valence-corrected chi connectivity index (χ4v) is 2.53. The smallest absolute Gasteiger partial charge is 0.251 e. The van der Waals surface area contributed by atoms with E-state index in [0.29, 0.717) is 17.3 Å². The highest BCUT2D eigenvalue weighted by molar-refractivity contribution is 5.97. The van der Waals surface area contributed by atoms with Crippen LogP contribution in [0.1, 0.15) is 36.0 Å². The summed E-state index contributed by atoms with van der Waals surface area (Å²) < 4.78 is 4.84. The lowest BCUT2D eigenvalue weighted by Gasteiger charge is -2.13. The summed E-state index contributed by atoms with van der Waals surface area (Å²) in [4.78, 5) is 23.8. The van der Waals surface area contributed by atoms with Crippen molar-refractivity contribution >= 4 is 17.5 Å². The molecule has 1 aliphatic carbocycles. The lowest BCUT2D eigenvalue weighted by atomic mass is 10.1. The molecule has 0 spiro atoms. The Balaban J connectivity index is 1.89. The fraction of sp³-hybridized carbons (Fsp3) is 0.500. The Bertz CT molecular complexity index is 510. The number of hydrogen-bond acceptors (Lipinski definition) is 4. The van der Waals surface area contributed by atoms with Gasteiger partial charge in [-0.1, -0.05) is 12.8 Å². The highest BCUT2D eigenvalue weighted by Gasteiger charge is 2.18. The van der Waals surface area contributed by atoms with Crippen LogP contribution < -0.4 is 16.4 Å². The molecule has 22 heavy (non-hydrogen) atoms. The van der Waals surface area contributed by atoms with Gasteiger partial charge in [-0.2, -0.15) is 0 Å². The van der Waals surface area contributed by atoms with Gasteiger partial charge < -0.3 is 21.1 Å². The molecule has 1 aromatic carbocycles. The first-order valence-corrected chi connectivity index (χ1v) is 7.56. The molecule has 0 aromatic heterocycles. The number of ether oxygens (including phenoxy) is 1. The van der Waals surface area contributed by atoms with E-state index in [0.717, 1.165) is 12.8 Å². The average molecular weight is 305 g/mol. The Morgan fingerprint density at radius 1 is 1.27 bits per heavy atom. The first-order valence-electron chi connectivity index (χ1n) is 7.56. The third kappa shape index (κ3) is 4.54. The Hall–Kier alpha value is -1.92. The van der Waals surface area contributed by atoms with Crippen molar-refractivity contribution in [2.24, 2.45) is 5.73 Å². The maximum Gasteiger partial charge on any atom is 0.251 e. The third-order valence-electron chi connectivity index (χ3n) is 3.79. The molecule has 4 N–H and O–H groups in total. The van der Waals surface area contributed by atoms with E-state index >= 15 is 0 Å². The molecule has 120 valence electrons. The van der Waals surface area contributed by atoms with Crippen LogP contribution >= 0.6 is 0 Å². The summed E-state index contributed by atoms with van der Waals surface area (Å²) in [7, 11) is 1.49. The first kappa shape index (κ1) is 16.5. The van der Waals surface area contributed by atoms with Crippen LogP contribution in [0, 0.1) is 0 Å². The molecular weight excluding hydrogens is 282 g/mol. The normalized spacial score (nSPS) is 16.3. The van der Waals surface area contributed by atoms with Crippen LogP contribution in [-0.2, 0) is 9.53 Å². The molecule has 6 heteroatoms. The van der Waals surface area contributed by atoms with Crippen molar-refractivity contribution in [1.82, 2.24) is 5.32 Å². The molecule has 6 nitrogen and oxygen atoms in total. The van der Waals surface area contributed by atoms with Crippen molar-refractivity contribution in [2.45, 2.75) is 37.8 Å². The van der Waals surface area contributed by atoms with E-state index in [9.17, 15) is 9.59 Å². The number of anilines is 1. The summed E-state index contributed by atoms with van der Waals surface area (Å²) >= 11 is 0. The van der Waals surface area contributed by atoms with Gasteiger partial charge in [-0.25, -0.2) is 0 Å². The highest BCUT2D eigenvalue weighted by atomic mass is 16.5. The van der Waals surface area contributed by atoms with Crippen LogP contribution in [0.3, 0.4) is 0 Å². The van der Waals surface area contributed by atoms with Crippen LogP contribution in [0.5, 0.6) is 0 Å². The maximum absolute atomic E-state index is 12.1. The zero-order valence-electron chi connectivity index (χ0n) is 12.8. The Morgan fingerprint density at radius 3 is 2.50 bits per heavy atom. The van der Waals surface area contributed by atoms with Gasteiger partial charge in [0.1, 0.15) is 6.04 Å². The van der Waals surface area contributed by atoms with Crippen LogP contribution in [0.2, 0.25) is 0 Å². The fourth-order valence-electron chi connectivity index (χ4n) is 2.53. The lowest BCUT2D eigenvalue weighted by Crippen LogP contribution is -2.39. The van der Waals surface area contributed by atoms with E-state index < -0.39 is 6.04 Å². The van der Waals surface area contributed by atoms with Crippen molar-refractivity contribution in [1.29, 1.82) is 0 Å². The van der Waals surface area contributed by atoms with Crippen LogP contribution in [0.15, 0.2) is 24.3 Å². The largest absolute Gasteiger partial charge is 0.383 e. The van der Waals surface area contributed by atoms with E-state index in [2.05, 4.69) is 10.6 Å². The minimum atomic E-state index is -0.713. The molecule has 0 aliphatic heterocycles. The second-order valence-electron chi connectivity index (χ2n) is 5.58. The van der Waals surface area contributed by atoms with E-state index in [1.165, 1.54) is 20.0 Å². The summed E-state index contributed by atoms with van der Waals surface area (Å²) in [6, 6.07) is 6.36. The number of nitrogens with two attached hydrogens (primary N) is 1. The minimum Gasteiger partial charge on any atom is -0.383 e. The van der Waals surface area contributed by atoms with Crippen molar-refractivity contribution < 1.29 is 14.3 Å². The number of hydrogen-bond donors (Lipinski definition) is 3.